The van der Waals surface area contributed by atoms with Crippen LogP contribution in [0.3, 0.4) is 0 Å². The van der Waals surface area contributed by atoms with E-state index in [2.05, 4.69) is 121 Å². The maximum absolute atomic E-state index is 14.2. The molecule has 7 rings (SSSR count). The van der Waals surface area contributed by atoms with Crippen molar-refractivity contribution in [3.05, 3.63) is 126 Å². The van der Waals surface area contributed by atoms with E-state index in [9.17, 15) is 4.39 Å². The summed E-state index contributed by atoms with van der Waals surface area (Å²) >= 11 is -2.73. The quantitative estimate of drug-likeness (QED) is 0.309. The van der Waals surface area contributed by atoms with Crippen LogP contribution >= 0.6 is 0 Å². The van der Waals surface area contributed by atoms with Gasteiger partial charge in [0.15, 0.2) is 0 Å². The number of fused-ring (bicyclic) bond motifs is 5. The number of halogens is 3. The first-order valence-electron chi connectivity index (χ1n) is 16.7. The Kier molecular flexibility index (Phi) is 9.41. The van der Waals surface area contributed by atoms with E-state index >= 15 is 0 Å². The second-order valence-corrected chi connectivity index (χ2v) is 27.0. The van der Waals surface area contributed by atoms with E-state index in [1.54, 1.807) is 26.2 Å². The van der Waals surface area contributed by atoms with Crippen LogP contribution in [0.5, 0.6) is 0 Å². The molecular weight excluding hydrogens is 714 g/mol. The summed E-state index contributed by atoms with van der Waals surface area (Å²) in [5.74, 6) is 0.275. The Morgan fingerprint density at radius 3 is 1.62 bits per heavy atom. The second kappa shape index (κ2) is 12.2. The molecule has 0 heterocycles. The summed E-state index contributed by atoms with van der Waals surface area (Å²) in [7, 11) is -1.52. The van der Waals surface area contributed by atoms with Crippen molar-refractivity contribution in [3.8, 4) is 11.1 Å². The Labute approximate surface area is 303 Å². The maximum Gasteiger partial charge on any atom is -1.00 e. The van der Waals surface area contributed by atoms with Gasteiger partial charge in [0.2, 0.25) is 0 Å². The van der Waals surface area contributed by atoms with Gasteiger partial charge in [-0.1, -0.05) is 0 Å². The Balaban J connectivity index is 0.00000217. The molecule has 0 amide bonds. The molecule has 3 aromatic carbocycles. The summed E-state index contributed by atoms with van der Waals surface area (Å²) in [5.41, 5.74) is 17.3. The molecule has 47 heavy (non-hydrogen) atoms. The molecule has 0 aliphatic heterocycles. The summed E-state index contributed by atoms with van der Waals surface area (Å²) in [4.78, 5) is 0. The molecule has 0 N–H and O–H groups in total. The molecule has 4 aliphatic carbocycles. The summed E-state index contributed by atoms with van der Waals surface area (Å²) in [6, 6.07) is 17.6. The van der Waals surface area contributed by atoms with Gasteiger partial charge < -0.3 is 24.8 Å². The summed E-state index contributed by atoms with van der Waals surface area (Å²) < 4.78 is 18.9. The molecule has 4 aliphatic rings. The average molecular weight is 761 g/mol. The molecule has 1 atom stereocenters. The standard InChI is InChI=1S/C25H25.C10H17Si.C7H5F.2ClH.Zr/c1-14-12-24(3,4)22-8-16-7-17-9-23-19(15(2)13-25(23,5)6)11-21(17)20(16)10-18(14)22;1-8-6-9(2)10(7-8)11(3,4)5;1-6-2-4-7(8)5-3-6;;;/h7-13H,1-6H3;7-8H,1-5H3;1-5H;2*1H;/q;;;;;+2/p-2. The van der Waals surface area contributed by atoms with Gasteiger partial charge in [-0.15, -0.1) is 0 Å². The van der Waals surface area contributed by atoms with E-state index in [-0.39, 0.29) is 41.5 Å². The van der Waals surface area contributed by atoms with Crippen molar-refractivity contribution in [1.29, 1.82) is 0 Å². The fourth-order valence-electron chi connectivity index (χ4n) is 9.08. The maximum atomic E-state index is 14.2. The fraction of sp³-hybridized carbons (Fsp3) is 0.357. The molecule has 0 spiro atoms. The third kappa shape index (κ3) is 5.80. The van der Waals surface area contributed by atoms with Gasteiger partial charge >= 0.3 is 281 Å². The third-order valence-corrected chi connectivity index (χ3v) is 21.4. The fourth-order valence-corrected chi connectivity index (χ4v) is 20.0. The van der Waals surface area contributed by atoms with Gasteiger partial charge in [-0.25, -0.2) is 0 Å². The predicted molar refractivity (Wildman–Crippen MR) is 192 cm³/mol. The van der Waals surface area contributed by atoms with Gasteiger partial charge in [0.1, 0.15) is 0 Å². The third-order valence-electron chi connectivity index (χ3n) is 11.0. The van der Waals surface area contributed by atoms with Gasteiger partial charge in [-0.05, 0) is 0 Å². The van der Waals surface area contributed by atoms with Gasteiger partial charge in [0.25, 0.3) is 0 Å². The molecule has 3 aromatic rings. The Bertz CT molecular complexity index is 1890. The molecule has 244 valence electrons. The molecule has 0 bridgehead atoms. The Hall–Kier alpha value is -1.90. The van der Waals surface area contributed by atoms with Gasteiger partial charge in [0.05, 0.1) is 0 Å². The normalized spacial score (nSPS) is 20.1. The van der Waals surface area contributed by atoms with Crippen molar-refractivity contribution in [2.75, 3.05) is 0 Å². The van der Waals surface area contributed by atoms with Gasteiger partial charge in [0, 0.05) is 0 Å². The van der Waals surface area contributed by atoms with Crippen LogP contribution < -0.4 is 24.8 Å². The minimum atomic E-state index is -2.73. The van der Waals surface area contributed by atoms with Crippen LogP contribution in [0.2, 0.25) is 19.6 Å². The van der Waals surface area contributed by atoms with Gasteiger partial charge in [-0.2, -0.15) is 0 Å². The van der Waals surface area contributed by atoms with Crippen LogP contribution in [0.4, 0.5) is 4.39 Å². The molecule has 0 nitrogen and oxygen atoms in total. The molecule has 5 heteroatoms. The summed E-state index contributed by atoms with van der Waals surface area (Å²) in [6.45, 7) is 26.4. The van der Waals surface area contributed by atoms with Gasteiger partial charge in [-0.3, -0.25) is 0 Å². The minimum Gasteiger partial charge on any atom is -1.00 e. The molecule has 0 radical (unpaired) electrons. The predicted octanol–water partition coefficient (Wildman–Crippen LogP) is 5.49. The SMILES string of the molecule is CC1=CC(C)(C)c2cc3c(cc21)-c1cc2c(cc1[CH]3/[Zr+2](=[CH]/c1ccc(F)cc1)[C]1=C(C)C([Si](C)(C)C)=CC1C)C(C)(C)C=C2C.[Cl-].[Cl-]. The van der Waals surface area contributed by atoms with E-state index in [4.69, 9.17) is 0 Å². The second-order valence-electron chi connectivity index (χ2n) is 16.3. The zero-order valence-corrected chi connectivity index (χ0v) is 34.7. The van der Waals surface area contributed by atoms with E-state index in [1.807, 2.05) is 12.1 Å². The first kappa shape index (κ1) is 36.4. The number of allylic oxidation sites excluding steroid dienone is 8. The monoisotopic (exact) mass is 758 g/mol. The van der Waals surface area contributed by atoms with Crippen LogP contribution in [-0.2, 0) is 32.1 Å². The largest absolute Gasteiger partial charge is 1.00 e. The van der Waals surface area contributed by atoms with Crippen molar-refractivity contribution in [2.45, 2.75) is 89.5 Å². The smallest absolute Gasteiger partial charge is 1.00 e. The molecular formula is C42H47Cl2FSiZr. The Morgan fingerprint density at radius 1 is 0.723 bits per heavy atom. The van der Waals surface area contributed by atoms with Crippen LogP contribution in [0.1, 0.15) is 98.0 Å². The van der Waals surface area contributed by atoms with Crippen molar-refractivity contribution < 1.29 is 50.5 Å². The zero-order chi connectivity index (χ0) is 32.4. The molecule has 0 fully saturated rings. The number of rotatable bonds is 4. The van der Waals surface area contributed by atoms with Crippen molar-refractivity contribution in [2.24, 2.45) is 5.92 Å². The topological polar surface area (TPSA) is 0 Å². The first-order valence-corrected chi connectivity index (χ1v) is 24.2. The Morgan fingerprint density at radius 2 is 1.19 bits per heavy atom. The number of hydrogen-bond acceptors (Lipinski definition) is 0. The minimum absolute atomic E-state index is 0. The van der Waals surface area contributed by atoms with Crippen LogP contribution in [0.25, 0.3) is 22.3 Å². The number of hydrogen-bond donors (Lipinski definition) is 0. The summed E-state index contributed by atoms with van der Waals surface area (Å²) in [5, 5.41) is 1.64. The van der Waals surface area contributed by atoms with Crippen molar-refractivity contribution >= 4 is 22.9 Å². The van der Waals surface area contributed by atoms with E-state index in [0.29, 0.717) is 9.54 Å². The molecule has 1 unspecified atom stereocenters. The first-order chi connectivity index (χ1) is 21.0. The van der Waals surface area contributed by atoms with Crippen LogP contribution in [0, 0.1) is 11.7 Å². The molecule has 0 aromatic heterocycles. The molecule has 0 saturated heterocycles. The van der Waals surface area contributed by atoms with Crippen LogP contribution in [0.15, 0.2) is 80.8 Å². The molecule has 0 saturated carbocycles. The van der Waals surface area contributed by atoms with E-state index < -0.39 is 29.3 Å². The number of benzene rings is 3. The van der Waals surface area contributed by atoms with E-state index in [0.717, 1.165) is 0 Å². The van der Waals surface area contributed by atoms with Crippen LogP contribution in [-0.4, -0.2) is 11.8 Å². The average Bonchev–Trinajstić information content (AvgIpc) is 3.58. The van der Waals surface area contributed by atoms with Crippen molar-refractivity contribution in [3.63, 3.8) is 0 Å². The van der Waals surface area contributed by atoms with Crippen molar-refractivity contribution in [1.82, 2.24) is 0 Å². The van der Waals surface area contributed by atoms with E-state index in [1.165, 1.54) is 61.2 Å². The zero-order valence-electron chi connectivity index (χ0n) is 29.7. The summed E-state index contributed by atoms with van der Waals surface area (Å²) in [6.07, 6.45) is 7.53.